The van der Waals surface area contributed by atoms with Crippen molar-refractivity contribution in [1.82, 2.24) is 0 Å². The van der Waals surface area contributed by atoms with Crippen LogP contribution in [0.3, 0.4) is 0 Å². The molecule has 1 heterocycles. The van der Waals surface area contributed by atoms with Crippen molar-refractivity contribution in [3.63, 3.8) is 0 Å². The van der Waals surface area contributed by atoms with Gasteiger partial charge in [0.2, 0.25) is 0 Å². The number of ketones is 1. The summed E-state index contributed by atoms with van der Waals surface area (Å²) in [6, 6.07) is 21.1. The highest BCUT2D eigenvalue weighted by molar-refractivity contribution is 7.22. The SMILES string of the molecule is O=COc1ccc(-c2sc3ccccc3c2C(=O)c2ccc(O)cc2)cc1. The zero-order valence-corrected chi connectivity index (χ0v) is 14.9. The molecular weight excluding hydrogens is 360 g/mol. The van der Waals surface area contributed by atoms with Crippen molar-refractivity contribution in [1.29, 1.82) is 0 Å². The molecule has 5 heteroatoms. The largest absolute Gasteiger partial charge is 0.508 e. The van der Waals surface area contributed by atoms with E-state index >= 15 is 0 Å². The molecule has 4 aromatic rings. The molecule has 0 radical (unpaired) electrons. The van der Waals surface area contributed by atoms with Crippen molar-refractivity contribution >= 4 is 33.7 Å². The molecule has 0 aliphatic heterocycles. The maximum absolute atomic E-state index is 13.3. The molecule has 0 saturated heterocycles. The lowest BCUT2D eigenvalue weighted by atomic mass is 9.97. The van der Waals surface area contributed by atoms with Crippen LogP contribution in [0, 0.1) is 0 Å². The minimum absolute atomic E-state index is 0.101. The molecule has 27 heavy (non-hydrogen) atoms. The lowest BCUT2D eigenvalue weighted by Crippen LogP contribution is -2.01. The van der Waals surface area contributed by atoms with Gasteiger partial charge in [0, 0.05) is 26.1 Å². The zero-order chi connectivity index (χ0) is 18.8. The van der Waals surface area contributed by atoms with Crippen molar-refractivity contribution < 1.29 is 19.4 Å². The second kappa shape index (κ2) is 7.05. The lowest BCUT2D eigenvalue weighted by molar-refractivity contribution is -0.120. The van der Waals surface area contributed by atoms with Crippen LogP contribution >= 0.6 is 11.3 Å². The van der Waals surface area contributed by atoms with Gasteiger partial charge in [-0.25, -0.2) is 0 Å². The van der Waals surface area contributed by atoms with Crippen LogP contribution in [0.1, 0.15) is 15.9 Å². The molecule has 1 N–H and O–H groups in total. The molecule has 132 valence electrons. The number of thiophene rings is 1. The first-order valence-corrected chi connectivity index (χ1v) is 9.05. The number of benzene rings is 3. The van der Waals surface area contributed by atoms with E-state index in [1.165, 1.54) is 12.1 Å². The average Bonchev–Trinajstić information content (AvgIpc) is 3.08. The fourth-order valence-corrected chi connectivity index (χ4v) is 4.18. The standard InChI is InChI=1S/C22H14O4S/c23-13-26-17-11-7-15(8-12-17)22-20(18-3-1-2-4-19(18)27-22)21(25)14-5-9-16(24)10-6-14/h1-13,24H. The van der Waals surface area contributed by atoms with Crippen LogP contribution in [0.15, 0.2) is 72.8 Å². The van der Waals surface area contributed by atoms with Gasteiger partial charge in [0.25, 0.3) is 6.47 Å². The Morgan fingerprint density at radius 1 is 0.926 bits per heavy atom. The van der Waals surface area contributed by atoms with Crippen LogP contribution in [0.4, 0.5) is 0 Å². The molecule has 4 rings (SSSR count). The van der Waals surface area contributed by atoms with E-state index in [1.54, 1.807) is 35.6 Å². The van der Waals surface area contributed by atoms with E-state index in [2.05, 4.69) is 0 Å². The molecular formula is C22H14O4S. The number of hydrogen-bond acceptors (Lipinski definition) is 5. The summed E-state index contributed by atoms with van der Waals surface area (Å²) in [5.74, 6) is 0.463. The quantitative estimate of drug-likeness (QED) is 0.393. The first kappa shape index (κ1) is 17.0. The number of hydrogen-bond donors (Lipinski definition) is 1. The Bertz CT molecular complexity index is 1130. The van der Waals surface area contributed by atoms with E-state index in [9.17, 15) is 14.7 Å². The van der Waals surface area contributed by atoms with E-state index in [4.69, 9.17) is 4.74 Å². The predicted octanol–water partition coefficient (Wildman–Crippen LogP) is 5.04. The van der Waals surface area contributed by atoms with Gasteiger partial charge in [-0.1, -0.05) is 18.2 Å². The van der Waals surface area contributed by atoms with Crippen LogP contribution in [0.5, 0.6) is 11.5 Å². The third-order valence-electron chi connectivity index (χ3n) is 4.25. The summed E-state index contributed by atoms with van der Waals surface area (Å²) in [4.78, 5) is 24.6. The maximum atomic E-state index is 13.3. The molecule has 0 saturated carbocycles. The number of phenols is 1. The number of rotatable bonds is 5. The molecule has 0 amide bonds. The highest BCUT2D eigenvalue weighted by atomic mass is 32.1. The van der Waals surface area contributed by atoms with Crippen molar-refractivity contribution in [2.24, 2.45) is 0 Å². The number of ether oxygens (including phenoxy) is 1. The topological polar surface area (TPSA) is 63.6 Å². The van der Waals surface area contributed by atoms with Crippen molar-refractivity contribution in [2.75, 3.05) is 0 Å². The number of fused-ring (bicyclic) bond motifs is 1. The van der Waals surface area contributed by atoms with E-state index in [-0.39, 0.29) is 11.5 Å². The first-order valence-electron chi connectivity index (χ1n) is 8.23. The Morgan fingerprint density at radius 2 is 1.63 bits per heavy atom. The van der Waals surface area contributed by atoms with E-state index in [1.807, 2.05) is 36.4 Å². The smallest absolute Gasteiger partial charge is 0.298 e. The number of carbonyl (C=O) groups excluding carboxylic acids is 2. The Balaban J connectivity index is 1.88. The molecule has 3 aromatic carbocycles. The van der Waals surface area contributed by atoms with Gasteiger partial charge in [-0.3, -0.25) is 9.59 Å². The fourth-order valence-electron chi connectivity index (χ4n) is 2.97. The van der Waals surface area contributed by atoms with E-state index < -0.39 is 0 Å². The fraction of sp³-hybridized carbons (Fsp3) is 0. The van der Waals surface area contributed by atoms with Gasteiger partial charge < -0.3 is 9.84 Å². The van der Waals surface area contributed by atoms with Crippen LogP contribution in [-0.4, -0.2) is 17.4 Å². The van der Waals surface area contributed by atoms with Crippen LogP contribution in [-0.2, 0) is 4.79 Å². The van der Waals surface area contributed by atoms with Crippen LogP contribution in [0.2, 0.25) is 0 Å². The van der Waals surface area contributed by atoms with Gasteiger partial charge in [0.1, 0.15) is 11.5 Å². The van der Waals surface area contributed by atoms with Gasteiger partial charge >= 0.3 is 0 Å². The molecule has 0 atom stereocenters. The summed E-state index contributed by atoms with van der Waals surface area (Å²) in [5.41, 5.74) is 2.01. The zero-order valence-electron chi connectivity index (χ0n) is 14.1. The molecule has 0 fully saturated rings. The second-order valence-electron chi connectivity index (χ2n) is 5.92. The van der Waals surface area contributed by atoms with Gasteiger partial charge in [0.15, 0.2) is 5.78 Å². The number of carbonyl (C=O) groups is 2. The van der Waals surface area contributed by atoms with Gasteiger partial charge in [-0.2, -0.15) is 0 Å². The molecule has 1 aromatic heterocycles. The predicted molar refractivity (Wildman–Crippen MR) is 105 cm³/mol. The van der Waals surface area contributed by atoms with Crippen LogP contribution in [0.25, 0.3) is 20.5 Å². The van der Waals surface area contributed by atoms with Crippen molar-refractivity contribution in [3.8, 4) is 21.9 Å². The molecule has 0 spiro atoms. The highest BCUT2D eigenvalue weighted by Gasteiger charge is 2.21. The number of phenolic OH excluding ortho intramolecular Hbond substituents is 1. The highest BCUT2D eigenvalue weighted by Crippen LogP contribution is 2.40. The summed E-state index contributed by atoms with van der Waals surface area (Å²) in [7, 11) is 0. The van der Waals surface area contributed by atoms with Gasteiger partial charge in [-0.05, 0) is 60.2 Å². The molecule has 0 unspecified atom stereocenters. The van der Waals surface area contributed by atoms with Crippen molar-refractivity contribution in [2.45, 2.75) is 0 Å². The molecule has 4 nitrogen and oxygen atoms in total. The summed E-state index contributed by atoms with van der Waals surface area (Å²) in [6.07, 6.45) is 0. The normalized spacial score (nSPS) is 10.7. The minimum Gasteiger partial charge on any atom is -0.508 e. The summed E-state index contributed by atoms with van der Waals surface area (Å²) in [6.45, 7) is 0.383. The maximum Gasteiger partial charge on any atom is 0.298 e. The van der Waals surface area contributed by atoms with Gasteiger partial charge in [-0.15, -0.1) is 11.3 Å². The van der Waals surface area contributed by atoms with E-state index in [0.717, 1.165) is 20.5 Å². The number of aromatic hydroxyl groups is 1. The van der Waals surface area contributed by atoms with Crippen LogP contribution < -0.4 is 4.74 Å². The summed E-state index contributed by atoms with van der Waals surface area (Å²) < 4.78 is 5.86. The summed E-state index contributed by atoms with van der Waals surface area (Å²) in [5, 5.41) is 10.4. The first-order chi connectivity index (χ1) is 13.2. The molecule has 0 aliphatic rings. The Kier molecular flexibility index (Phi) is 4.44. The second-order valence-corrected chi connectivity index (χ2v) is 6.97. The molecule has 0 bridgehead atoms. The Hall–Kier alpha value is -3.44. The molecule has 0 aliphatic carbocycles. The van der Waals surface area contributed by atoms with E-state index in [0.29, 0.717) is 23.3 Å². The minimum atomic E-state index is -0.101. The monoisotopic (exact) mass is 374 g/mol. The average molecular weight is 374 g/mol. The van der Waals surface area contributed by atoms with Gasteiger partial charge in [0.05, 0.1) is 0 Å². The van der Waals surface area contributed by atoms with Crippen molar-refractivity contribution in [3.05, 3.63) is 83.9 Å². The lowest BCUT2D eigenvalue weighted by Gasteiger charge is -2.06. The summed E-state index contributed by atoms with van der Waals surface area (Å²) >= 11 is 1.54. The third-order valence-corrected chi connectivity index (χ3v) is 5.47. The Morgan fingerprint density at radius 3 is 2.33 bits per heavy atom. The third kappa shape index (κ3) is 3.20. The Labute approximate surface area is 159 Å².